The minimum absolute atomic E-state index is 0.000780. The highest BCUT2D eigenvalue weighted by atomic mass is 32.2. The number of nitrogens with two attached hydrogens (primary N) is 3. The number of aliphatic imine (C=N–C) groups is 1. The van der Waals surface area contributed by atoms with Gasteiger partial charge in [-0.3, -0.25) is 9.56 Å². The highest BCUT2D eigenvalue weighted by Crippen LogP contribution is 2.39. The van der Waals surface area contributed by atoms with Crippen LogP contribution in [0.4, 0.5) is 17.6 Å². The summed E-state index contributed by atoms with van der Waals surface area (Å²) in [5.74, 6) is 0.00792. The summed E-state index contributed by atoms with van der Waals surface area (Å²) in [6, 6.07) is 12.9. The van der Waals surface area contributed by atoms with Crippen LogP contribution < -0.4 is 28.2 Å². The number of thioether (sulfide) groups is 1. The fourth-order valence-corrected chi connectivity index (χ4v) is 5.47. The summed E-state index contributed by atoms with van der Waals surface area (Å²) < 4.78 is 54.8. The van der Waals surface area contributed by atoms with Crippen LogP contribution in [-0.4, -0.2) is 51.8 Å². The summed E-state index contributed by atoms with van der Waals surface area (Å²) in [6.07, 6.45) is 4.32. The molecule has 44 heavy (non-hydrogen) atoms. The van der Waals surface area contributed by atoms with Crippen LogP contribution in [0, 0.1) is 0 Å². The summed E-state index contributed by atoms with van der Waals surface area (Å²) in [4.78, 5) is 24.2. The van der Waals surface area contributed by atoms with Crippen molar-refractivity contribution in [3.63, 3.8) is 0 Å². The summed E-state index contributed by atoms with van der Waals surface area (Å²) in [6.45, 7) is 2.20. The Labute approximate surface area is 256 Å². The van der Waals surface area contributed by atoms with Gasteiger partial charge in [0.2, 0.25) is 0 Å². The predicted molar refractivity (Wildman–Crippen MR) is 168 cm³/mol. The van der Waals surface area contributed by atoms with E-state index in [0.717, 1.165) is 18.4 Å². The number of aryl methyl sites for hydroxylation is 1. The standard InChI is InChI=1S/C30H36F4N8OS/c1-18(35)4-2-5-19-12-21(14-24(13-19)44-30(32,33)34)25-15-22-17-42(29(43)41-27(22)40-25)23-8-6-20(7-9-23)26(16-31)38-10-3-11-39-28(36)37/h6-9,12-15,17-18,26,38H,2-5,10-11,16,35H2,1H3,(H4,36,37,39)(H,40,41,43)/t18-,26+/m0/s1. The zero-order chi connectivity index (χ0) is 31.9. The van der Waals surface area contributed by atoms with Crippen molar-refractivity contribution in [1.82, 2.24) is 19.9 Å². The third-order valence-corrected chi connectivity index (χ3v) is 7.59. The fraction of sp³-hybridized carbons (Fsp3) is 0.367. The Morgan fingerprint density at radius 1 is 1.14 bits per heavy atom. The molecule has 0 saturated carbocycles. The molecule has 0 fully saturated rings. The number of alkyl halides is 4. The van der Waals surface area contributed by atoms with Gasteiger partial charge < -0.3 is 27.5 Å². The number of benzene rings is 2. The molecule has 2 aromatic carbocycles. The molecular weight excluding hydrogens is 596 g/mol. The smallest absolute Gasteiger partial charge is 0.370 e. The van der Waals surface area contributed by atoms with Crippen molar-refractivity contribution in [3.8, 4) is 16.9 Å². The lowest BCUT2D eigenvalue weighted by Crippen LogP contribution is -2.26. The van der Waals surface area contributed by atoms with Crippen LogP contribution in [0.1, 0.15) is 43.4 Å². The van der Waals surface area contributed by atoms with Gasteiger partial charge in [-0.05, 0) is 104 Å². The van der Waals surface area contributed by atoms with Gasteiger partial charge in [0.25, 0.3) is 0 Å². The Kier molecular flexibility index (Phi) is 11.1. The average Bonchev–Trinajstić information content (AvgIpc) is 3.36. The first kappa shape index (κ1) is 33.0. The van der Waals surface area contributed by atoms with E-state index in [-0.39, 0.29) is 28.7 Å². The van der Waals surface area contributed by atoms with Crippen LogP contribution in [-0.2, 0) is 6.42 Å². The summed E-state index contributed by atoms with van der Waals surface area (Å²) in [5.41, 5.74) is 14.9. The van der Waals surface area contributed by atoms with Gasteiger partial charge in [-0.1, -0.05) is 12.1 Å². The SMILES string of the molecule is C[C@H](N)CCCc1cc(SC(F)(F)F)cc(-c2cc3cn(-c4ccc([C@@H](CF)NCCCN=C(N)N)cc4)c(=O)nc3[nH]2)c1. The molecule has 14 heteroatoms. The second-order valence-electron chi connectivity index (χ2n) is 10.6. The van der Waals surface area contributed by atoms with E-state index in [4.69, 9.17) is 17.2 Å². The number of H-pyrrole nitrogens is 1. The van der Waals surface area contributed by atoms with Crippen LogP contribution in [0.3, 0.4) is 0 Å². The Balaban J connectivity index is 1.57. The number of rotatable bonds is 14. The number of hydrogen-bond donors (Lipinski definition) is 5. The largest absolute Gasteiger partial charge is 0.446 e. The van der Waals surface area contributed by atoms with Crippen molar-refractivity contribution < 1.29 is 17.6 Å². The Hall–Kier alpha value is -3.88. The molecule has 236 valence electrons. The lowest BCUT2D eigenvalue weighted by Gasteiger charge is -2.16. The van der Waals surface area contributed by atoms with E-state index in [1.165, 1.54) is 10.6 Å². The van der Waals surface area contributed by atoms with E-state index < -0.39 is 23.9 Å². The number of halogens is 4. The van der Waals surface area contributed by atoms with Crippen molar-refractivity contribution in [3.05, 3.63) is 76.3 Å². The Morgan fingerprint density at radius 2 is 1.89 bits per heavy atom. The lowest BCUT2D eigenvalue weighted by atomic mass is 10.0. The third-order valence-electron chi connectivity index (χ3n) is 6.89. The molecular formula is C30H36F4N8OS. The van der Waals surface area contributed by atoms with Crippen LogP contribution in [0.2, 0.25) is 0 Å². The van der Waals surface area contributed by atoms with Gasteiger partial charge in [-0.15, -0.1) is 0 Å². The molecule has 0 spiro atoms. The van der Waals surface area contributed by atoms with Gasteiger partial charge >= 0.3 is 11.2 Å². The molecule has 0 radical (unpaired) electrons. The average molecular weight is 633 g/mol. The first-order valence-electron chi connectivity index (χ1n) is 14.1. The molecule has 0 aliphatic carbocycles. The maximum Gasteiger partial charge on any atom is 0.446 e. The minimum Gasteiger partial charge on any atom is -0.370 e. The summed E-state index contributed by atoms with van der Waals surface area (Å²) >= 11 is -0.166. The molecule has 0 aliphatic rings. The van der Waals surface area contributed by atoms with E-state index in [1.807, 2.05) is 13.0 Å². The number of aromatic amines is 1. The molecule has 9 nitrogen and oxygen atoms in total. The van der Waals surface area contributed by atoms with E-state index in [9.17, 15) is 22.4 Å². The van der Waals surface area contributed by atoms with E-state index in [2.05, 4.69) is 20.3 Å². The highest BCUT2D eigenvalue weighted by Gasteiger charge is 2.29. The van der Waals surface area contributed by atoms with E-state index >= 15 is 0 Å². The molecule has 2 aromatic heterocycles. The topological polar surface area (TPSA) is 153 Å². The first-order chi connectivity index (χ1) is 20.9. The van der Waals surface area contributed by atoms with Crippen LogP contribution in [0.25, 0.3) is 28.0 Å². The van der Waals surface area contributed by atoms with Crippen LogP contribution in [0.15, 0.2) is 69.4 Å². The van der Waals surface area contributed by atoms with Crippen molar-refractivity contribution >= 4 is 28.8 Å². The number of nitrogens with zero attached hydrogens (tertiary/aromatic N) is 3. The summed E-state index contributed by atoms with van der Waals surface area (Å²) in [7, 11) is 0. The van der Waals surface area contributed by atoms with Crippen molar-refractivity contribution in [2.45, 2.75) is 55.1 Å². The molecule has 0 unspecified atom stereocenters. The highest BCUT2D eigenvalue weighted by molar-refractivity contribution is 8.00. The third kappa shape index (κ3) is 9.31. The predicted octanol–water partition coefficient (Wildman–Crippen LogP) is 4.93. The quantitative estimate of drug-likeness (QED) is 0.0435. The monoisotopic (exact) mass is 632 g/mol. The number of hydrogen-bond acceptors (Lipinski definition) is 6. The van der Waals surface area contributed by atoms with Gasteiger partial charge in [-0.2, -0.15) is 18.2 Å². The molecule has 2 atom stereocenters. The zero-order valence-electron chi connectivity index (χ0n) is 24.2. The molecule has 8 N–H and O–H groups in total. The van der Waals surface area contributed by atoms with Crippen LogP contribution >= 0.6 is 11.8 Å². The minimum atomic E-state index is -4.43. The van der Waals surface area contributed by atoms with E-state index in [1.54, 1.807) is 42.6 Å². The van der Waals surface area contributed by atoms with Gasteiger partial charge in [0.05, 0.1) is 11.7 Å². The molecule has 4 rings (SSSR count). The van der Waals surface area contributed by atoms with Crippen molar-refractivity contribution in [1.29, 1.82) is 0 Å². The zero-order valence-corrected chi connectivity index (χ0v) is 25.0. The van der Waals surface area contributed by atoms with Crippen LogP contribution in [0.5, 0.6) is 0 Å². The Morgan fingerprint density at radius 3 is 2.55 bits per heavy atom. The van der Waals surface area contributed by atoms with E-state index in [0.29, 0.717) is 59.5 Å². The molecule has 0 amide bonds. The second-order valence-corrected chi connectivity index (χ2v) is 11.7. The number of nitrogens with one attached hydrogen (secondary N) is 2. The normalized spacial score (nSPS) is 13.2. The van der Waals surface area contributed by atoms with Gasteiger partial charge in [0.1, 0.15) is 12.3 Å². The maximum absolute atomic E-state index is 13.7. The summed E-state index contributed by atoms with van der Waals surface area (Å²) in [5, 5.41) is 3.73. The second kappa shape index (κ2) is 14.7. The van der Waals surface area contributed by atoms with Crippen molar-refractivity contribution in [2.75, 3.05) is 19.8 Å². The number of fused-ring (bicyclic) bond motifs is 1. The molecule has 0 aliphatic heterocycles. The van der Waals surface area contributed by atoms with Gasteiger partial charge in [0, 0.05) is 34.8 Å². The number of guanidine groups is 1. The number of aromatic nitrogens is 3. The molecule has 2 heterocycles. The fourth-order valence-electron chi connectivity index (χ4n) is 4.81. The lowest BCUT2D eigenvalue weighted by molar-refractivity contribution is -0.0328. The molecule has 4 aromatic rings. The van der Waals surface area contributed by atoms with Crippen molar-refractivity contribution in [2.24, 2.45) is 22.2 Å². The maximum atomic E-state index is 13.7. The Bertz CT molecular complexity index is 1630. The van der Waals surface area contributed by atoms with Gasteiger partial charge in [-0.25, -0.2) is 9.18 Å². The van der Waals surface area contributed by atoms with Gasteiger partial charge in [0.15, 0.2) is 5.96 Å². The molecule has 0 bridgehead atoms. The first-order valence-corrected chi connectivity index (χ1v) is 15.0. The molecule has 0 saturated heterocycles.